The summed E-state index contributed by atoms with van der Waals surface area (Å²) in [4.78, 5) is 24.9. The van der Waals surface area contributed by atoms with Gasteiger partial charge in [0, 0.05) is 25.8 Å². The number of carbonyl (C=O) groups excluding carboxylic acids is 1. The molecular formula is C20H36NO8P. The van der Waals surface area contributed by atoms with Crippen LogP contribution in [0.1, 0.15) is 39.5 Å². The molecule has 0 aliphatic rings. The Kier molecular flexibility index (Phi) is 18.7. The van der Waals surface area contributed by atoms with E-state index in [0.717, 1.165) is 6.42 Å². The van der Waals surface area contributed by atoms with Crippen molar-refractivity contribution >= 4 is 20.0 Å². The van der Waals surface area contributed by atoms with Crippen molar-refractivity contribution in [2.24, 2.45) is 4.99 Å². The Morgan fingerprint density at radius 1 is 1.10 bits per heavy atom. The second kappa shape index (κ2) is 19.6. The van der Waals surface area contributed by atoms with Crippen LogP contribution in [0.2, 0.25) is 0 Å². The zero-order valence-corrected chi connectivity index (χ0v) is 19.1. The maximum atomic E-state index is 12.0. The monoisotopic (exact) mass is 449 g/mol. The zero-order valence-electron chi connectivity index (χ0n) is 18.2. The van der Waals surface area contributed by atoms with E-state index >= 15 is 0 Å². The van der Waals surface area contributed by atoms with E-state index in [1.165, 1.54) is 7.11 Å². The summed E-state index contributed by atoms with van der Waals surface area (Å²) in [7, 11) is -2.87. The van der Waals surface area contributed by atoms with Gasteiger partial charge in [0.15, 0.2) is 0 Å². The minimum Gasteiger partial charge on any atom is -0.469 e. The molecule has 1 N–H and O–H groups in total. The molecule has 0 aliphatic heterocycles. The summed E-state index contributed by atoms with van der Waals surface area (Å²) < 4.78 is 37.6. The molecule has 30 heavy (non-hydrogen) atoms. The summed E-state index contributed by atoms with van der Waals surface area (Å²) in [5, 5.41) is 0. The van der Waals surface area contributed by atoms with E-state index in [2.05, 4.69) is 9.73 Å². The lowest BCUT2D eigenvalue weighted by molar-refractivity contribution is -0.140. The number of rotatable bonds is 19. The highest BCUT2D eigenvalue weighted by Gasteiger charge is 2.23. The van der Waals surface area contributed by atoms with Gasteiger partial charge in [-0.15, -0.1) is 0 Å². The first kappa shape index (κ1) is 28.6. The quantitative estimate of drug-likeness (QED) is 0.105. The molecule has 2 unspecified atom stereocenters. The second-order valence-electron chi connectivity index (χ2n) is 6.16. The fraction of sp³-hybridized carbons (Fsp3) is 0.700. The Bertz CT molecular complexity index is 565. The molecule has 0 saturated carbocycles. The molecule has 0 fully saturated rings. The highest BCUT2D eigenvalue weighted by atomic mass is 31.2. The maximum Gasteiger partial charge on any atom is 0.472 e. The molecule has 9 nitrogen and oxygen atoms in total. The predicted molar refractivity (Wildman–Crippen MR) is 116 cm³/mol. The number of nitrogens with zero attached hydrogens (tertiary/aromatic N) is 1. The van der Waals surface area contributed by atoms with E-state index in [1.807, 2.05) is 32.1 Å². The molecule has 0 aromatic rings. The van der Waals surface area contributed by atoms with Crippen molar-refractivity contribution in [2.75, 3.05) is 46.7 Å². The number of carbonyl (C=O) groups is 1. The van der Waals surface area contributed by atoms with Gasteiger partial charge in [-0.1, -0.05) is 25.2 Å². The van der Waals surface area contributed by atoms with E-state index in [4.69, 9.17) is 18.5 Å². The minimum absolute atomic E-state index is 0.0485. The van der Waals surface area contributed by atoms with Gasteiger partial charge in [0.25, 0.3) is 0 Å². The second-order valence-corrected chi connectivity index (χ2v) is 7.62. The van der Waals surface area contributed by atoms with Gasteiger partial charge < -0.3 is 19.1 Å². The number of phosphoric ester groups is 1. The van der Waals surface area contributed by atoms with E-state index in [1.54, 1.807) is 12.3 Å². The fourth-order valence-corrected chi connectivity index (χ4v) is 2.75. The van der Waals surface area contributed by atoms with Crippen molar-refractivity contribution in [1.29, 1.82) is 0 Å². The van der Waals surface area contributed by atoms with E-state index in [-0.39, 0.29) is 32.3 Å². The highest BCUT2D eigenvalue weighted by Crippen LogP contribution is 2.43. The molecular weight excluding hydrogens is 413 g/mol. The predicted octanol–water partition coefficient (Wildman–Crippen LogP) is 3.48. The average Bonchev–Trinajstić information content (AvgIpc) is 2.73. The summed E-state index contributed by atoms with van der Waals surface area (Å²) in [6.07, 6.45) is 10.8. The summed E-state index contributed by atoms with van der Waals surface area (Å²) in [6, 6.07) is 0. The third-order valence-electron chi connectivity index (χ3n) is 3.51. The molecule has 0 bridgehead atoms. The Hall–Kier alpha value is -1.35. The SMILES string of the molecule is C\C=C/C=C\C=N\CCOP(=O)(O)OCC(COCCC)OCCCCC(=O)OC. The topological polar surface area (TPSA) is 113 Å². The summed E-state index contributed by atoms with van der Waals surface area (Å²) in [5.41, 5.74) is 0. The van der Waals surface area contributed by atoms with Gasteiger partial charge in [-0.05, 0) is 32.3 Å². The maximum absolute atomic E-state index is 12.0. The summed E-state index contributed by atoms with van der Waals surface area (Å²) in [6.45, 7) is 5.07. The van der Waals surface area contributed by atoms with Crippen LogP contribution in [-0.4, -0.2) is 69.9 Å². The molecule has 0 rings (SSSR count). The van der Waals surface area contributed by atoms with Crippen LogP contribution in [0.25, 0.3) is 0 Å². The first-order valence-electron chi connectivity index (χ1n) is 10.1. The normalized spacial score (nSPS) is 15.2. The zero-order chi connectivity index (χ0) is 22.5. The van der Waals surface area contributed by atoms with Crippen molar-refractivity contribution in [1.82, 2.24) is 0 Å². The molecule has 174 valence electrons. The number of aliphatic imine (C=N–C) groups is 1. The molecule has 0 amide bonds. The average molecular weight is 449 g/mol. The van der Waals surface area contributed by atoms with E-state index < -0.39 is 13.9 Å². The van der Waals surface area contributed by atoms with Crippen LogP contribution in [0.3, 0.4) is 0 Å². The number of unbranched alkanes of at least 4 members (excludes halogenated alkanes) is 1. The van der Waals surface area contributed by atoms with Crippen LogP contribution in [-0.2, 0) is 32.6 Å². The molecule has 0 aliphatic carbocycles. The largest absolute Gasteiger partial charge is 0.472 e. The number of allylic oxidation sites excluding steroid dienone is 4. The van der Waals surface area contributed by atoms with Gasteiger partial charge in [-0.25, -0.2) is 4.57 Å². The number of hydrogen-bond donors (Lipinski definition) is 1. The highest BCUT2D eigenvalue weighted by molar-refractivity contribution is 7.47. The van der Waals surface area contributed by atoms with Crippen LogP contribution in [0, 0.1) is 0 Å². The Morgan fingerprint density at radius 2 is 1.90 bits per heavy atom. The Labute approximate surface area is 179 Å². The molecule has 0 aromatic carbocycles. The Balaban J connectivity index is 4.23. The Morgan fingerprint density at radius 3 is 2.60 bits per heavy atom. The van der Waals surface area contributed by atoms with Gasteiger partial charge in [-0.2, -0.15) is 0 Å². The third-order valence-corrected chi connectivity index (χ3v) is 4.50. The lowest BCUT2D eigenvalue weighted by Crippen LogP contribution is -2.26. The molecule has 0 radical (unpaired) electrons. The summed E-state index contributed by atoms with van der Waals surface area (Å²) >= 11 is 0. The lowest BCUT2D eigenvalue weighted by atomic mass is 10.2. The lowest BCUT2D eigenvalue weighted by Gasteiger charge is -2.19. The molecule has 0 spiro atoms. The van der Waals surface area contributed by atoms with Crippen molar-refractivity contribution < 1.29 is 37.5 Å². The molecule has 2 atom stereocenters. The number of methoxy groups -OCH3 is 1. The van der Waals surface area contributed by atoms with Crippen LogP contribution in [0.5, 0.6) is 0 Å². The van der Waals surface area contributed by atoms with Crippen molar-refractivity contribution in [3.05, 3.63) is 24.3 Å². The molecule has 0 saturated heterocycles. The van der Waals surface area contributed by atoms with Crippen LogP contribution in [0.15, 0.2) is 29.3 Å². The van der Waals surface area contributed by atoms with E-state index in [0.29, 0.717) is 32.5 Å². The first-order valence-corrected chi connectivity index (χ1v) is 11.6. The standard InChI is InChI=1S/C20H36NO8P/c1-4-6-7-9-12-21-13-16-28-30(23,24)29-18-19(17-26-14-5-2)27-15-10-8-11-20(22)25-3/h4,6-7,9,12,19H,5,8,10-11,13-18H2,1-3H3,(H,23,24)/b6-4-,9-7-,21-12+. The summed E-state index contributed by atoms with van der Waals surface area (Å²) in [5.74, 6) is -0.266. The van der Waals surface area contributed by atoms with E-state index in [9.17, 15) is 14.3 Å². The number of esters is 1. The smallest absolute Gasteiger partial charge is 0.469 e. The van der Waals surface area contributed by atoms with Gasteiger partial charge >= 0.3 is 13.8 Å². The van der Waals surface area contributed by atoms with Gasteiger partial charge in [-0.3, -0.25) is 18.8 Å². The minimum atomic E-state index is -4.21. The van der Waals surface area contributed by atoms with Gasteiger partial charge in [0.2, 0.25) is 0 Å². The van der Waals surface area contributed by atoms with Crippen molar-refractivity contribution in [2.45, 2.75) is 45.6 Å². The van der Waals surface area contributed by atoms with Crippen molar-refractivity contribution in [3.8, 4) is 0 Å². The van der Waals surface area contributed by atoms with Gasteiger partial charge in [0.05, 0.1) is 33.5 Å². The van der Waals surface area contributed by atoms with Crippen molar-refractivity contribution in [3.63, 3.8) is 0 Å². The number of phosphoric acid groups is 1. The molecule has 0 heterocycles. The third kappa shape index (κ3) is 18.7. The van der Waals surface area contributed by atoms with Crippen LogP contribution in [0.4, 0.5) is 0 Å². The number of ether oxygens (including phenoxy) is 3. The fourth-order valence-electron chi connectivity index (χ4n) is 2.01. The molecule has 10 heteroatoms. The first-order chi connectivity index (χ1) is 14.4. The van der Waals surface area contributed by atoms with Crippen LogP contribution >= 0.6 is 7.82 Å². The van der Waals surface area contributed by atoms with Gasteiger partial charge in [0.1, 0.15) is 6.10 Å². The molecule has 0 aromatic heterocycles. The van der Waals surface area contributed by atoms with Crippen LogP contribution < -0.4 is 0 Å². The number of hydrogen-bond acceptors (Lipinski definition) is 8.